The Morgan fingerprint density at radius 2 is 2.25 bits per heavy atom. The number of aliphatic hydroxyl groups is 1. The number of rotatable bonds is 4. The van der Waals surface area contributed by atoms with Crippen molar-refractivity contribution in [3.05, 3.63) is 35.4 Å². The summed E-state index contributed by atoms with van der Waals surface area (Å²) >= 11 is 0. The van der Waals surface area contributed by atoms with E-state index in [1.807, 2.05) is 0 Å². The predicted molar refractivity (Wildman–Crippen MR) is 53.5 cm³/mol. The topological polar surface area (TPSA) is 81.3 Å². The lowest BCUT2D eigenvalue weighted by molar-refractivity contribution is 0.266. The highest BCUT2D eigenvalue weighted by molar-refractivity contribution is 5.20. The van der Waals surface area contributed by atoms with Gasteiger partial charge in [-0.1, -0.05) is 10.3 Å². The maximum Gasteiger partial charge on any atom is 0.145 e. The molecule has 0 unspecified atom stereocenters. The summed E-state index contributed by atoms with van der Waals surface area (Å²) in [6.07, 6.45) is 1.55. The third kappa shape index (κ3) is 2.34. The Balaban J connectivity index is 1.97. The third-order valence-corrected chi connectivity index (χ3v) is 2.08. The maximum absolute atomic E-state index is 8.81. The van der Waals surface area contributed by atoms with Gasteiger partial charge in [0, 0.05) is 0 Å². The fourth-order valence-electron chi connectivity index (χ4n) is 1.12. The lowest BCUT2D eigenvalue weighted by atomic mass is 10.3. The molecule has 2 aromatic rings. The number of nitrogens with zero attached hydrogens (tertiary/aromatic N) is 3. The summed E-state index contributed by atoms with van der Waals surface area (Å²) < 4.78 is 9.97. The van der Waals surface area contributed by atoms with Crippen LogP contribution < -0.4 is 4.74 Å². The molecule has 0 aliphatic carbocycles. The molecule has 0 bridgehead atoms. The fourth-order valence-corrected chi connectivity index (χ4v) is 1.12. The summed E-state index contributed by atoms with van der Waals surface area (Å²) in [5, 5.41) is 16.1. The van der Waals surface area contributed by atoms with E-state index in [2.05, 4.69) is 19.9 Å². The lowest BCUT2D eigenvalue weighted by Crippen LogP contribution is -1.98. The molecule has 0 aliphatic rings. The zero-order valence-electron chi connectivity index (χ0n) is 8.75. The van der Waals surface area contributed by atoms with Crippen molar-refractivity contribution in [3.63, 3.8) is 0 Å². The Kier molecular flexibility index (Phi) is 3.11. The van der Waals surface area contributed by atoms with Crippen molar-refractivity contribution < 1.29 is 14.5 Å². The molecule has 2 aromatic heterocycles. The Morgan fingerprint density at radius 1 is 1.38 bits per heavy atom. The summed E-state index contributed by atoms with van der Waals surface area (Å²) in [4.78, 5) is 3.99. The minimum Gasteiger partial charge on any atom is -0.485 e. The number of pyridine rings is 1. The molecule has 2 rings (SSSR count). The number of hydrogen-bond acceptors (Lipinski definition) is 6. The van der Waals surface area contributed by atoms with Crippen LogP contribution in [0.15, 0.2) is 23.0 Å². The molecule has 0 spiro atoms. The van der Waals surface area contributed by atoms with E-state index < -0.39 is 0 Å². The predicted octanol–water partition coefficient (Wildman–Crippen LogP) is 0.844. The molecule has 0 fully saturated rings. The van der Waals surface area contributed by atoms with Gasteiger partial charge >= 0.3 is 0 Å². The van der Waals surface area contributed by atoms with Crippen molar-refractivity contribution in [2.75, 3.05) is 0 Å². The largest absolute Gasteiger partial charge is 0.485 e. The van der Waals surface area contributed by atoms with Crippen molar-refractivity contribution in [2.24, 2.45) is 0 Å². The average Bonchev–Trinajstić information content (AvgIpc) is 2.73. The fraction of sp³-hybridized carbons (Fsp3) is 0.300. The van der Waals surface area contributed by atoms with Crippen molar-refractivity contribution in [1.29, 1.82) is 0 Å². The van der Waals surface area contributed by atoms with E-state index in [9.17, 15) is 0 Å². The van der Waals surface area contributed by atoms with Crippen LogP contribution in [0.2, 0.25) is 0 Å². The van der Waals surface area contributed by atoms with Gasteiger partial charge in [0.05, 0.1) is 18.5 Å². The first-order valence-electron chi connectivity index (χ1n) is 4.76. The second-order valence-electron chi connectivity index (χ2n) is 3.23. The molecular formula is C10H11N3O3. The smallest absolute Gasteiger partial charge is 0.145 e. The summed E-state index contributed by atoms with van der Waals surface area (Å²) in [5.74, 6) is 0.611. The van der Waals surface area contributed by atoms with Crippen LogP contribution in [0.4, 0.5) is 0 Å². The second-order valence-corrected chi connectivity index (χ2v) is 3.23. The second kappa shape index (κ2) is 4.71. The number of ether oxygens (including phenoxy) is 1. The normalized spacial score (nSPS) is 10.4. The lowest BCUT2D eigenvalue weighted by Gasteiger charge is -2.03. The maximum atomic E-state index is 8.81. The van der Waals surface area contributed by atoms with Crippen molar-refractivity contribution in [2.45, 2.75) is 20.1 Å². The van der Waals surface area contributed by atoms with Crippen molar-refractivity contribution in [1.82, 2.24) is 15.3 Å². The first-order valence-corrected chi connectivity index (χ1v) is 4.76. The van der Waals surface area contributed by atoms with Crippen LogP contribution in [-0.4, -0.2) is 20.4 Å². The molecule has 0 aromatic carbocycles. The van der Waals surface area contributed by atoms with Crippen LogP contribution in [-0.2, 0) is 13.2 Å². The highest BCUT2D eigenvalue weighted by Crippen LogP contribution is 2.12. The first-order chi connectivity index (χ1) is 7.79. The van der Waals surface area contributed by atoms with E-state index in [0.29, 0.717) is 22.8 Å². The minimum absolute atomic E-state index is 0.0768. The molecule has 1 N–H and O–H groups in total. The Labute approximate surface area is 91.8 Å². The van der Waals surface area contributed by atoms with E-state index in [0.717, 1.165) is 0 Å². The highest BCUT2D eigenvalue weighted by atomic mass is 16.6. The van der Waals surface area contributed by atoms with Gasteiger partial charge in [0.1, 0.15) is 23.7 Å². The van der Waals surface area contributed by atoms with Crippen molar-refractivity contribution in [3.8, 4) is 5.75 Å². The minimum atomic E-state index is -0.0768. The molecule has 0 amide bonds. The molecular weight excluding hydrogens is 210 g/mol. The molecule has 2 heterocycles. The molecule has 0 aliphatic heterocycles. The average molecular weight is 221 g/mol. The van der Waals surface area contributed by atoms with Crippen LogP contribution in [0.1, 0.15) is 17.1 Å². The van der Waals surface area contributed by atoms with Gasteiger partial charge in [-0.2, -0.15) is 0 Å². The number of aryl methyl sites for hydroxylation is 1. The van der Waals surface area contributed by atoms with Crippen molar-refractivity contribution >= 4 is 0 Å². The summed E-state index contributed by atoms with van der Waals surface area (Å²) in [6.45, 7) is 2.00. The van der Waals surface area contributed by atoms with E-state index in [1.165, 1.54) is 0 Å². The molecule has 16 heavy (non-hydrogen) atoms. The van der Waals surface area contributed by atoms with Gasteiger partial charge in [0.15, 0.2) is 0 Å². The van der Waals surface area contributed by atoms with Crippen LogP contribution >= 0.6 is 0 Å². The number of hydrogen-bond donors (Lipinski definition) is 1. The zero-order chi connectivity index (χ0) is 11.4. The highest BCUT2D eigenvalue weighted by Gasteiger charge is 2.05. The monoisotopic (exact) mass is 221 g/mol. The molecule has 6 nitrogen and oxygen atoms in total. The van der Waals surface area contributed by atoms with E-state index in [4.69, 9.17) is 9.84 Å². The molecule has 0 atom stereocenters. The van der Waals surface area contributed by atoms with E-state index >= 15 is 0 Å². The van der Waals surface area contributed by atoms with Crippen LogP contribution in [0.25, 0.3) is 0 Å². The Hall–Kier alpha value is -1.95. The third-order valence-electron chi connectivity index (χ3n) is 2.08. The van der Waals surface area contributed by atoms with Crippen LogP contribution in [0.3, 0.4) is 0 Å². The number of aliphatic hydroxyl groups excluding tert-OH is 1. The molecule has 84 valence electrons. The van der Waals surface area contributed by atoms with Gasteiger partial charge < -0.3 is 9.84 Å². The van der Waals surface area contributed by atoms with E-state index in [1.54, 1.807) is 25.3 Å². The van der Waals surface area contributed by atoms with Gasteiger partial charge in [-0.05, 0) is 19.1 Å². The summed E-state index contributed by atoms with van der Waals surface area (Å²) in [7, 11) is 0. The molecule has 0 radical (unpaired) electrons. The zero-order valence-corrected chi connectivity index (χ0v) is 8.75. The molecule has 0 saturated heterocycles. The van der Waals surface area contributed by atoms with Crippen LogP contribution in [0, 0.1) is 6.92 Å². The van der Waals surface area contributed by atoms with Gasteiger partial charge in [-0.15, -0.1) is 0 Å². The molecule has 6 heteroatoms. The van der Waals surface area contributed by atoms with Gasteiger partial charge in [0.25, 0.3) is 0 Å². The Bertz CT molecular complexity index is 453. The standard InChI is InChI=1S/C10H11N3O3/c1-7-10(13-16-12-7)6-15-9-3-2-8(5-14)11-4-9/h2-4,14H,5-6H2,1H3. The molecule has 0 saturated carbocycles. The summed E-state index contributed by atoms with van der Waals surface area (Å²) in [5.41, 5.74) is 1.97. The SMILES string of the molecule is Cc1nonc1COc1ccc(CO)nc1. The van der Waals surface area contributed by atoms with Crippen LogP contribution in [0.5, 0.6) is 5.75 Å². The first kappa shape index (κ1) is 10.6. The summed E-state index contributed by atoms with van der Waals surface area (Å²) in [6, 6.07) is 3.44. The van der Waals surface area contributed by atoms with Gasteiger partial charge in [-0.3, -0.25) is 4.98 Å². The quantitative estimate of drug-likeness (QED) is 0.824. The van der Waals surface area contributed by atoms with Gasteiger partial charge in [-0.25, -0.2) is 4.63 Å². The Morgan fingerprint density at radius 3 is 2.81 bits per heavy atom. The van der Waals surface area contributed by atoms with Gasteiger partial charge in [0.2, 0.25) is 0 Å². The number of aromatic nitrogens is 3. The van der Waals surface area contributed by atoms with E-state index in [-0.39, 0.29) is 13.2 Å².